The number of hydrogen-bond acceptors (Lipinski definition) is 7. The minimum absolute atomic E-state index is 0.0288. The maximum atomic E-state index is 15.4. The Balaban J connectivity index is 1.26. The molecule has 5 aromatic rings. The fourth-order valence-corrected chi connectivity index (χ4v) is 4.42. The Labute approximate surface area is 209 Å². The number of aromatic nitrogens is 5. The number of aromatic amines is 1. The molecule has 6 rings (SSSR count). The first-order valence-corrected chi connectivity index (χ1v) is 11.5. The van der Waals surface area contributed by atoms with Crippen LogP contribution in [0.2, 0.25) is 0 Å². The molecule has 3 aromatic carbocycles. The average Bonchev–Trinajstić information content (AvgIpc) is 3.66. The van der Waals surface area contributed by atoms with Crippen LogP contribution in [0.1, 0.15) is 0 Å². The van der Waals surface area contributed by atoms with Crippen molar-refractivity contribution in [1.29, 1.82) is 0 Å². The van der Waals surface area contributed by atoms with Gasteiger partial charge in [0.25, 0.3) is 6.01 Å². The zero-order valence-electron chi connectivity index (χ0n) is 19.3. The van der Waals surface area contributed by atoms with Gasteiger partial charge in [-0.15, -0.1) is 0 Å². The third-order valence-corrected chi connectivity index (χ3v) is 6.38. The number of H-pyrrole nitrogens is 1. The number of nitrogens with zero attached hydrogens (tertiary/aromatic N) is 4. The summed E-state index contributed by atoms with van der Waals surface area (Å²) in [7, 11) is 0. The number of aliphatic hydroxyl groups excluding tert-OH is 2. The Morgan fingerprint density at radius 3 is 2.41 bits per heavy atom. The summed E-state index contributed by atoms with van der Waals surface area (Å²) in [6.07, 6.45) is 0.415. The highest BCUT2D eigenvalue weighted by atomic mass is 19.1. The molecule has 188 valence electrons. The zero-order chi connectivity index (χ0) is 25.5. The van der Waals surface area contributed by atoms with E-state index in [-0.39, 0.29) is 35.8 Å². The molecule has 0 amide bonds. The van der Waals surface area contributed by atoms with E-state index in [1.54, 1.807) is 35.3 Å². The number of hydrogen-bond donors (Lipinski definition) is 3. The van der Waals surface area contributed by atoms with E-state index in [1.165, 1.54) is 6.33 Å². The van der Waals surface area contributed by atoms with Crippen LogP contribution in [0.3, 0.4) is 0 Å². The second-order valence-electron chi connectivity index (χ2n) is 8.65. The van der Waals surface area contributed by atoms with E-state index in [9.17, 15) is 10.2 Å². The fraction of sp³-hybridized carbons (Fsp3) is 0.192. The molecule has 1 fully saturated rings. The summed E-state index contributed by atoms with van der Waals surface area (Å²) in [5.74, 6) is -1.59. The molecular weight excluding hydrogens is 484 g/mol. The third-order valence-electron chi connectivity index (χ3n) is 6.38. The van der Waals surface area contributed by atoms with Crippen LogP contribution < -0.4 is 4.74 Å². The van der Waals surface area contributed by atoms with Crippen LogP contribution in [-0.4, -0.2) is 66.5 Å². The normalized spacial score (nSPS) is 19.5. The predicted octanol–water partition coefficient (Wildman–Crippen LogP) is 3.26. The maximum absolute atomic E-state index is 15.4. The Kier molecular flexibility index (Phi) is 5.87. The molecule has 0 radical (unpaired) electrons. The molecule has 0 saturated carbocycles. The van der Waals surface area contributed by atoms with Gasteiger partial charge < -0.3 is 24.7 Å². The Hall–Kier alpha value is -4.19. The van der Waals surface area contributed by atoms with Gasteiger partial charge in [0.05, 0.1) is 30.0 Å². The molecule has 1 aliphatic rings. The van der Waals surface area contributed by atoms with E-state index in [0.717, 1.165) is 22.9 Å². The van der Waals surface area contributed by atoms with E-state index in [1.807, 2.05) is 24.3 Å². The fourth-order valence-electron chi connectivity index (χ4n) is 4.42. The molecule has 11 heteroatoms. The standard InChI is InChI=1S/C26H21F2N5O4/c27-18-9-19-24(32-26(31-19)37-21-11-36-20(10-34)25(21)35)23(28)22(18)16-3-1-14(2-4-16)15-5-7-17(8-6-15)33-13-29-12-30-33/h1-9,12-13,20-21,25,34-35H,10-11H2,(H,31,32)/t20-,21-,25-/m1/s1. The predicted molar refractivity (Wildman–Crippen MR) is 129 cm³/mol. The summed E-state index contributed by atoms with van der Waals surface area (Å²) in [6.45, 7) is -0.335. The first-order valence-electron chi connectivity index (χ1n) is 11.5. The Bertz CT molecular complexity index is 1540. The molecule has 0 spiro atoms. The lowest BCUT2D eigenvalue weighted by Crippen LogP contribution is -2.36. The molecule has 37 heavy (non-hydrogen) atoms. The van der Waals surface area contributed by atoms with Gasteiger partial charge in [-0.3, -0.25) is 0 Å². The number of imidazole rings is 1. The monoisotopic (exact) mass is 505 g/mol. The van der Waals surface area contributed by atoms with Crippen molar-refractivity contribution >= 4 is 11.0 Å². The van der Waals surface area contributed by atoms with E-state index in [4.69, 9.17) is 9.47 Å². The summed E-state index contributed by atoms with van der Waals surface area (Å²) in [4.78, 5) is 10.8. The molecule has 3 atom stereocenters. The molecule has 0 unspecified atom stereocenters. The maximum Gasteiger partial charge on any atom is 0.295 e. The zero-order valence-corrected chi connectivity index (χ0v) is 19.3. The van der Waals surface area contributed by atoms with Crippen LogP contribution in [-0.2, 0) is 4.74 Å². The van der Waals surface area contributed by atoms with Gasteiger partial charge in [-0.25, -0.2) is 18.4 Å². The minimum Gasteiger partial charge on any atom is -0.456 e. The van der Waals surface area contributed by atoms with Crippen LogP contribution in [0, 0.1) is 11.6 Å². The van der Waals surface area contributed by atoms with Gasteiger partial charge in [0.2, 0.25) is 0 Å². The summed E-state index contributed by atoms with van der Waals surface area (Å²) in [5, 5.41) is 23.5. The summed E-state index contributed by atoms with van der Waals surface area (Å²) in [6, 6.07) is 15.6. The van der Waals surface area contributed by atoms with Crippen LogP contribution in [0.5, 0.6) is 6.01 Å². The highest BCUT2D eigenvalue weighted by Crippen LogP contribution is 2.34. The first-order chi connectivity index (χ1) is 18.0. The summed E-state index contributed by atoms with van der Waals surface area (Å²) >= 11 is 0. The lowest BCUT2D eigenvalue weighted by molar-refractivity contribution is -0.00390. The first kappa shape index (κ1) is 23.2. The van der Waals surface area contributed by atoms with Crippen LogP contribution in [0.4, 0.5) is 8.78 Å². The number of rotatable bonds is 6. The number of nitrogens with one attached hydrogen (secondary N) is 1. The second kappa shape index (κ2) is 9.36. The quantitative estimate of drug-likeness (QED) is 0.324. The third kappa shape index (κ3) is 4.22. The van der Waals surface area contributed by atoms with Gasteiger partial charge in [-0.2, -0.15) is 10.1 Å². The van der Waals surface area contributed by atoms with Crippen molar-refractivity contribution in [2.24, 2.45) is 0 Å². The number of halogens is 2. The molecule has 2 aromatic heterocycles. The van der Waals surface area contributed by atoms with E-state index < -0.39 is 29.9 Å². The number of aliphatic hydroxyl groups is 2. The second-order valence-corrected chi connectivity index (χ2v) is 8.65. The lowest BCUT2D eigenvalue weighted by atomic mass is 9.99. The molecular formula is C26H21F2N5O4. The molecule has 0 aliphatic carbocycles. The van der Waals surface area contributed by atoms with Crippen molar-refractivity contribution in [2.75, 3.05) is 13.2 Å². The molecule has 3 N–H and O–H groups in total. The van der Waals surface area contributed by atoms with Crippen molar-refractivity contribution < 1.29 is 28.5 Å². The van der Waals surface area contributed by atoms with Crippen molar-refractivity contribution in [3.05, 3.63) is 78.9 Å². The highest BCUT2D eigenvalue weighted by molar-refractivity contribution is 5.84. The van der Waals surface area contributed by atoms with E-state index >= 15 is 8.78 Å². The molecule has 3 heterocycles. The van der Waals surface area contributed by atoms with Gasteiger partial charge >= 0.3 is 0 Å². The van der Waals surface area contributed by atoms with Crippen molar-refractivity contribution in [3.8, 4) is 34.0 Å². The molecule has 1 saturated heterocycles. The van der Waals surface area contributed by atoms with Crippen molar-refractivity contribution in [2.45, 2.75) is 18.3 Å². The van der Waals surface area contributed by atoms with Gasteiger partial charge in [-0.1, -0.05) is 36.4 Å². The van der Waals surface area contributed by atoms with Gasteiger partial charge in [0.1, 0.15) is 36.2 Å². The van der Waals surface area contributed by atoms with Crippen LogP contribution >= 0.6 is 0 Å². The molecule has 0 bridgehead atoms. The highest BCUT2D eigenvalue weighted by Gasteiger charge is 2.37. The molecule has 9 nitrogen and oxygen atoms in total. The summed E-state index contributed by atoms with van der Waals surface area (Å²) in [5.41, 5.74) is 2.85. The van der Waals surface area contributed by atoms with Crippen LogP contribution in [0.25, 0.3) is 39.0 Å². The largest absolute Gasteiger partial charge is 0.456 e. The molecule has 1 aliphatic heterocycles. The Morgan fingerprint density at radius 1 is 1.05 bits per heavy atom. The van der Waals surface area contributed by atoms with E-state index in [0.29, 0.717) is 5.56 Å². The topological polar surface area (TPSA) is 118 Å². The number of fused-ring (bicyclic) bond motifs is 1. The lowest BCUT2D eigenvalue weighted by Gasteiger charge is -2.15. The minimum atomic E-state index is -1.08. The Morgan fingerprint density at radius 2 is 1.76 bits per heavy atom. The SMILES string of the molecule is OC[C@H]1OC[C@@H](Oc2nc3c(F)c(-c4ccc(-c5ccc(-n6cncn6)cc5)cc4)c(F)cc3[nH]2)[C@@H]1O. The van der Waals surface area contributed by atoms with Gasteiger partial charge in [0, 0.05) is 6.07 Å². The average molecular weight is 505 g/mol. The van der Waals surface area contributed by atoms with Gasteiger partial charge in [0.15, 0.2) is 11.9 Å². The van der Waals surface area contributed by atoms with Crippen molar-refractivity contribution in [3.63, 3.8) is 0 Å². The van der Waals surface area contributed by atoms with Crippen LogP contribution in [0.15, 0.2) is 67.3 Å². The number of benzene rings is 3. The summed E-state index contributed by atoms with van der Waals surface area (Å²) < 4.78 is 42.9. The van der Waals surface area contributed by atoms with Gasteiger partial charge in [-0.05, 0) is 28.8 Å². The number of ether oxygens (including phenoxy) is 2. The van der Waals surface area contributed by atoms with Crippen molar-refractivity contribution in [1.82, 2.24) is 24.7 Å². The van der Waals surface area contributed by atoms with E-state index in [2.05, 4.69) is 20.1 Å². The smallest absolute Gasteiger partial charge is 0.295 e.